The Hall–Kier alpha value is -1.02. The number of fused-ring (bicyclic) bond motifs is 1. The van der Waals surface area contributed by atoms with Crippen LogP contribution in [0.1, 0.15) is 44.2 Å². The monoisotopic (exact) mass is 233 g/mol. The molecule has 2 rings (SSSR count). The van der Waals surface area contributed by atoms with Gasteiger partial charge in [-0.2, -0.15) is 0 Å². The van der Waals surface area contributed by atoms with Gasteiger partial charge in [-0.1, -0.05) is 32.9 Å². The van der Waals surface area contributed by atoms with E-state index in [1.807, 2.05) is 0 Å². The Morgan fingerprint density at radius 1 is 1.29 bits per heavy atom. The Labute approximate surface area is 104 Å². The standard InChI is InChI=1S/C15H23NO/c1-11(2)16-8-6-12(3)13-4-5-15-14(10-13)7-9-17-15/h4-5,10-12,16H,6-9H2,1-3H3. The first-order valence-corrected chi connectivity index (χ1v) is 6.66. The second-order valence-electron chi connectivity index (χ2n) is 5.26. The van der Waals surface area contributed by atoms with Gasteiger partial charge in [-0.3, -0.25) is 0 Å². The molecule has 94 valence electrons. The van der Waals surface area contributed by atoms with E-state index in [2.05, 4.69) is 44.3 Å². The maximum absolute atomic E-state index is 5.53. The van der Waals surface area contributed by atoms with Crippen LogP contribution in [0.2, 0.25) is 0 Å². The highest BCUT2D eigenvalue weighted by Gasteiger charge is 2.14. The van der Waals surface area contributed by atoms with E-state index >= 15 is 0 Å². The molecular weight excluding hydrogens is 210 g/mol. The summed E-state index contributed by atoms with van der Waals surface area (Å²) in [5.74, 6) is 1.70. The normalized spacial score (nSPS) is 15.8. The molecule has 1 unspecified atom stereocenters. The van der Waals surface area contributed by atoms with Crippen molar-refractivity contribution in [3.05, 3.63) is 29.3 Å². The molecule has 1 aromatic carbocycles. The highest BCUT2D eigenvalue weighted by atomic mass is 16.5. The van der Waals surface area contributed by atoms with E-state index in [0.717, 1.165) is 25.3 Å². The van der Waals surface area contributed by atoms with Gasteiger partial charge >= 0.3 is 0 Å². The fourth-order valence-electron chi connectivity index (χ4n) is 2.27. The molecule has 17 heavy (non-hydrogen) atoms. The van der Waals surface area contributed by atoms with Crippen LogP contribution in [0.15, 0.2) is 18.2 Å². The first-order chi connectivity index (χ1) is 8.16. The van der Waals surface area contributed by atoms with Gasteiger partial charge in [0.2, 0.25) is 0 Å². The summed E-state index contributed by atoms with van der Waals surface area (Å²) < 4.78 is 5.53. The van der Waals surface area contributed by atoms with Crippen molar-refractivity contribution in [3.63, 3.8) is 0 Å². The number of benzene rings is 1. The lowest BCUT2D eigenvalue weighted by Gasteiger charge is -2.14. The lowest BCUT2D eigenvalue weighted by Crippen LogP contribution is -2.24. The topological polar surface area (TPSA) is 21.3 Å². The van der Waals surface area contributed by atoms with Crippen molar-refractivity contribution in [1.82, 2.24) is 5.32 Å². The first kappa shape index (κ1) is 12.4. The lowest BCUT2D eigenvalue weighted by molar-refractivity contribution is 0.357. The molecule has 0 saturated carbocycles. The molecule has 0 aromatic heterocycles. The summed E-state index contributed by atoms with van der Waals surface area (Å²) in [7, 11) is 0. The molecule has 1 aliphatic rings. The number of ether oxygens (including phenoxy) is 1. The highest BCUT2D eigenvalue weighted by Crippen LogP contribution is 2.29. The molecule has 0 amide bonds. The average Bonchev–Trinajstić information content (AvgIpc) is 2.75. The second kappa shape index (κ2) is 5.54. The lowest BCUT2D eigenvalue weighted by atomic mass is 9.95. The quantitative estimate of drug-likeness (QED) is 0.843. The minimum Gasteiger partial charge on any atom is -0.493 e. The predicted molar refractivity (Wildman–Crippen MR) is 71.8 cm³/mol. The minimum absolute atomic E-state index is 0.579. The fourth-order valence-corrected chi connectivity index (χ4v) is 2.27. The van der Waals surface area contributed by atoms with E-state index in [4.69, 9.17) is 4.74 Å². The van der Waals surface area contributed by atoms with Crippen LogP contribution in [-0.4, -0.2) is 19.2 Å². The third-order valence-corrected chi connectivity index (χ3v) is 3.41. The SMILES string of the molecule is CC(C)NCCC(C)c1ccc2c(c1)CCO2. The van der Waals surface area contributed by atoms with Crippen molar-refractivity contribution in [1.29, 1.82) is 0 Å². The molecule has 0 spiro atoms. The van der Waals surface area contributed by atoms with Gasteiger partial charge in [0, 0.05) is 12.5 Å². The van der Waals surface area contributed by atoms with Crippen LogP contribution in [0.3, 0.4) is 0 Å². The number of hydrogen-bond acceptors (Lipinski definition) is 2. The summed E-state index contributed by atoms with van der Waals surface area (Å²) >= 11 is 0. The van der Waals surface area contributed by atoms with E-state index < -0.39 is 0 Å². The van der Waals surface area contributed by atoms with Crippen molar-refractivity contribution in [2.45, 2.75) is 45.6 Å². The number of nitrogens with one attached hydrogen (secondary N) is 1. The summed E-state index contributed by atoms with van der Waals surface area (Å²) in [6, 6.07) is 7.24. The molecule has 0 radical (unpaired) electrons. The molecule has 1 N–H and O–H groups in total. The molecule has 0 fully saturated rings. The zero-order chi connectivity index (χ0) is 12.3. The van der Waals surface area contributed by atoms with E-state index in [1.54, 1.807) is 0 Å². The predicted octanol–water partition coefficient (Wildman–Crippen LogP) is 3.11. The van der Waals surface area contributed by atoms with Gasteiger partial charge in [0.25, 0.3) is 0 Å². The second-order valence-corrected chi connectivity index (χ2v) is 5.26. The molecule has 1 aliphatic heterocycles. The van der Waals surface area contributed by atoms with Crippen molar-refractivity contribution < 1.29 is 4.74 Å². The van der Waals surface area contributed by atoms with Gasteiger partial charge in [0.05, 0.1) is 6.61 Å². The third-order valence-electron chi connectivity index (χ3n) is 3.41. The summed E-state index contributed by atoms with van der Waals surface area (Å²) in [6.07, 6.45) is 2.26. The Balaban J connectivity index is 1.92. The summed E-state index contributed by atoms with van der Waals surface area (Å²) in [4.78, 5) is 0. The van der Waals surface area contributed by atoms with Gasteiger partial charge in [-0.05, 0) is 36.1 Å². The molecule has 0 bridgehead atoms. The maximum atomic E-state index is 5.53. The van der Waals surface area contributed by atoms with Crippen LogP contribution in [0, 0.1) is 0 Å². The van der Waals surface area contributed by atoms with Crippen molar-refractivity contribution >= 4 is 0 Å². The van der Waals surface area contributed by atoms with E-state index in [-0.39, 0.29) is 0 Å². The zero-order valence-electron chi connectivity index (χ0n) is 11.1. The fraction of sp³-hybridized carbons (Fsp3) is 0.600. The van der Waals surface area contributed by atoms with Crippen LogP contribution < -0.4 is 10.1 Å². The molecule has 1 heterocycles. The van der Waals surface area contributed by atoms with E-state index in [9.17, 15) is 0 Å². The number of hydrogen-bond donors (Lipinski definition) is 1. The van der Waals surface area contributed by atoms with Gasteiger partial charge in [-0.15, -0.1) is 0 Å². The molecular formula is C15H23NO. The van der Waals surface area contributed by atoms with E-state index in [0.29, 0.717) is 12.0 Å². The molecule has 2 nitrogen and oxygen atoms in total. The molecule has 0 saturated heterocycles. The smallest absolute Gasteiger partial charge is 0.122 e. The molecule has 0 aliphatic carbocycles. The molecule has 1 aromatic rings. The maximum Gasteiger partial charge on any atom is 0.122 e. The van der Waals surface area contributed by atoms with Crippen LogP contribution in [0.25, 0.3) is 0 Å². The van der Waals surface area contributed by atoms with Gasteiger partial charge < -0.3 is 10.1 Å². The Morgan fingerprint density at radius 3 is 2.88 bits per heavy atom. The first-order valence-electron chi connectivity index (χ1n) is 6.66. The summed E-state index contributed by atoms with van der Waals surface area (Å²) in [6.45, 7) is 8.63. The molecule has 1 atom stereocenters. The minimum atomic E-state index is 0.579. The Bertz CT molecular complexity index is 373. The van der Waals surface area contributed by atoms with Crippen LogP contribution in [0.5, 0.6) is 5.75 Å². The van der Waals surface area contributed by atoms with Gasteiger partial charge in [0.1, 0.15) is 5.75 Å². The average molecular weight is 233 g/mol. The van der Waals surface area contributed by atoms with Crippen LogP contribution >= 0.6 is 0 Å². The Kier molecular flexibility index (Phi) is 4.06. The van der Waals surface area contributed by atoms with Crippen molar-refractivity contribution in [2.75, 3.05) is 13.2 Å². The van der Waals surface area contributed by atoms with E-state index in [1.165, 1.54) is 17.5 Å². The van der Waals surface area contributed by atoms with Crippen molar-refractivity contribution in [3.8, 4) is 5.75 Å². The third kappa shape index (κ3) is 3.22. The van der Waals surface area contributed by atoms with Gasteiger partial charge in [0.15, 0.2) is 0 Å². The highest BCUT2D eigenvalue weighted by molar-refractivity contribution is 5.40. The summed E-state index contributed by atoms with van der Waals surface area (Å²) in [5.41, 5.74) is 2.82. The Morgan fingerprint density at radius 2 is 2.12 bits per heavy atom. The van der Waals surface area contributed by atoms with Crippen molar-refractivity contribution in [2.24, 2.45) is 0 Å². The zero-order valence-corrected chi connectivity index (χ0v) is 11.1. The van der Waals surface area contributed by atoms with Crippen LogP contribution in [-0.2, 0) is 6.42 Å². The number of rotatable bonds is 5. The summed E-state index contributed by atoms with van der Waals surface area (Å²) in [5, 5.41) is 3.47. The van der Waals surface area contributed by atoms with Gasteiger partial charge in [-0.25, -0.2) is 0 Å². The van der Waals surface area contributed by atoms with Crippen LogP contribution in [0.4, 0.5) is 0 Å². The molecule has 2 heteroatoms. The largest absolute Gasteiger partial charge is 0.493 e.